The van der Waals surface area contributed by atoms with Crippen LogP contribution in [0.5, 0.6) is 0 Å². The SMILES string of the molecule is CCn1c(C)nc([N+](=O)[O-])c1N1CCC[C@@H](N)C1. The molecule has 7 nitrogen and oxygen atoms in total. The van der Waals surface area contributed by atoms with Crippen LogP contribution in [0.25, 0.3) is 0 Å². The lowest BCUT2D eigenvalue weighted by Gasteiger charge is -2.31. The largest absolute Gasteiger partial charge is 0.406 e. The molecule has 1 saturated heterocycles. The molecule has 7 heteroatoms. The van der Waals surface area contributed by atoms with Gasteiger partial charge in [0.15, 0.2) is 0 Å². The molecule has 1 aromatic heterocycles. The van der Waals surface area contributed by atoms with Gasteiger partial charge in [-0.05, 0) is 29.7 Å². The molecule has 0 bridgehead atoms. The summed E-state index contributed by atoms with van der Waals surface area (Å²) in [5.74, 6) is 1.23. The van der Waals surface area contributed by atoms with Gasteiger partial charge in [-0.15, -0.1) is 0 Å². The number of imidazole rings is 1. The van der Waals surface area contributed by atoms with E-state index in [0.717, 1.165) is 19.4 Å². The van der Waals surface area contributed by atoms with Gasteiger partial charge in [-0.3, -0.25) is 4.57 Å². The Kier molecular flexibility index (Phi) is 3.51. The van der Waals surface area contributed by atoms with Gasteiger partial charge in [0.1, 0.15) is 0 Å². The second-order valence-corrected chi connectivity index (χ2v) is 4.66. The number of anilines is 1. The van der Waals surface area contributed by atoms with Crippen LogP contribution in [0.4, 0.5) is 11.6 Å². The van der Waals surface area contributed by atoms with E-state index in [1.54, 1.807) is 6.92 Å². The normalized spacial score (nSPS) is 20.2. The molecule has 0 aromatic carbocycles. The average molecular weight is 253 g/mol. The van der Waals surface area contributed by atoms with Crippen molar-refractivity contribution in [2.24, 2.45) is 5.73 Å². The number of nitro groups is 1. The van der Waals surface area contributed by atoms with E-state index < -0.39 is 4.92 Å². The average Bonchev–Trinajstić information content (AvgIpc) is 2.66. The zero-order valence-electron chi connectivity index (χ0n) is 10.8. The summed E-state index contributed by atoms with van der Waals surface area (Å²) in [5.41, 5.74) is 5.95. The van der Waals surface area contributed by atoms with Gasteiger partial charge in [-0.25, -0.2) is 0 Å². The van der Waals surface area contributed by atoms with Crippen molar-refractivity contribution >= 4 is 11.6 Å². The van der Waals surface area contributed by atoms with E-state index in [0.29, 0.717) is 24.7 Å². The Morgan fingerprint density at radius 2 is 2.33 bits per heavy atom. The molecule has 1 aliphatic heterocycles. The Bertz CT molecular complexity index is 457. The zero-order chi connectivity index (χ0) is 13.3. The van der Waals surface area contributed by atoms with Crippen LogP contribution in [0.15, 0.2) is 0 Å². The summed E-state index contributed by atoms with van der Waals surface area (Å²) in [4.78, 5) is 16.7. The molecule has 2 heterocycles. The molecule has 2 rings (SSSR count). The van der Waals surface area contributed by atoms with E-state index in [2.05, 4.69) is 4.98 Å². The minimum absolute atomic E-state index is 0.0524. The molecule has 0 unspecified atom stereocenters. The van der Waals surface area contributed by atoms with Crippen LogP contribution in [-0.2, 0) is 6.54 Å². The standard InChI is InChI=1S/C11H19N5O2/c1-3-15-8(2)13-10(16(17)18)11(15)14-6-4-5-9(12)7-14/h9H,3-7,12H2,1-2H3/t9-/m1/s1. The summed E-state index contributed by atoms with van der Waals surface area (Å²) in [5, 5.41) is 11.1. The van der Waals surface area contributed by atoms with Crippen LogP contribution in [0.3, 0.4) is 0 Å². The van der Waals surface area contributed by atoms with Crippen LogP contribution >= 0.6 is 0 Å². The molecule has 1 aromatic rings. The van der Waals surface area contributed by atoms with Gasteiger partial charge in [-0.2, -0.15) is 0 Å². The maximum absolute atomic E-state index is 11.1. The third kappa shape index (κ3) is 2.17. The summed E-state index contributed by atoms with van der Waals surface area (Å²) < 4.78 is 1.89. The molecule has 0 spiro atoms. The first-order valence-corrected chi connectivity index (χ1v) is 6.26. The van der Waals surface area contributed by atoms with Crippen LogP contribution in [0, 0.1) is 17.0 Å². The van der Waals surface area contributed by atoms with Gasteiger partial charge in [0.25, 0.3) is 0 Å². The number of aryl methyl sites for hydroxylation is 1. The topological polar surface area (TPSA) is 90.2 Å². The molecule has 0 saturated carbocycles. The van der Waals surface area contributed by atoms with Crippen molar-refractivity contribution < 1.29 is 4.92 Å². The Morgan fingerprint density at radius 3 is 2.89 bits per heavy atom. The minimum Gasteiger partial charge on any atom is -0.358 e. The van der Waals surface area contributed by atoms with E-state index >= 15 is 0 Å². The van der Waals surface area contributed by atoms with Crippen molar-refractivity contribution in [3.05, 3.63) is 15.9 Å². The number of rotatable bonds is 3. The quantitative estimate of drug-likeness (QED) is 0.642. The number of piperidine rings is 1. The van der Waals surface area contributed by atoms with E-state index in [4.69, 9.17) is 5.73 Å². The highest BCUT2D eigenvalue weighted by Crippen LogP contribution is 2.30. The lowest BCUT2D eigenvalue weighted by Crippen LogP contribution is -2.43. The lowest BCUT2D eigenvalue weighted by molar-refractivity contribution is -0.388. The molecule has 1 fully saturated rings. The van der Waals surface area contributed by atoms with Crippen LogP contribution in [-0.4, -0.2) is 33.6 Å². The van der Waals surface area contributed by atoms with E-state index in [9.17, 15) is 10.1 Å². The Hall–Kier alpha value is -1.63. The number of nitrogens with two attached hydrogens (primary N) is 1. The van der Waals surface area contributed by atoms with E-state index in [-0.39, 0.29) is 11.9 Å². The molecule has 1 atom stereocenters. The predicted octanol–water partition coefficient (Wildman–Crippen LogP) is 1.05. The number of nitrogens with zero attached hydrogens (tertiary/aromatic N) is 4. The summed E-state index contributed by atoms with van der Waals surface area (Å²) in [6.45, 7) is 5.90. The van der Waals surface area contributed by atoms with Crippen molar-refractivity contribution in [2.45, 2.75) is 39.3 Å². The maximum Gasteiger partial charge on any atom is 0.406 e. The smallest absolute Gasteiger partial charge is 0.358 e. The summed E-state index contributed by atoms with van der Waals surface area (Å²) in [7, 11) is 0. The van der Waals surface area contributed by atoms with Gasteiger partial charge < -0.3 is 20.7 Å². The Morgan fingerprint density at radius 1 is 1.61 bits per heavy atom. The summed E-state index contributed by atoms with van der Waals surface area (Å²) in [6.07, 6.45) is 1.94. The first kappa shape index (κ1) is 12.8. The molecule has 0 aliphatic carbocycles. The second kappa shape index (κ2) is 4.93. The van der Waals surface area contributed by atoms with E-state index in [1.165, 1.54) is 0 Å². The molecule has 0 radical (unpaired) electrons. The minimum atomic E-state index is -0.408. The molecule has 18 heavy (non-hydrogen) atoms. The number of hydrogen-bond donors (Lipinski definition) is 1. The fourth-order valence-electron chi connectivity index (χ4n) is 2.55. The highest BCUT2D eigenvalue weighted by molar-refractivity contribution is 5.56. The molecule has 1 aliphatic rings. The van der Waals surface area contributed by atoms with Gasteiger partial charge in [0.2, 0.25) is 11.6 Å². The predicted molar refractivity (Wildman–Crippen MR) is 68.7 cm³/mol. The molecule has 0 amide bonds. The third-order valence-electron chi connectivity index (χ3n) is 3.36. The van der Waals surface area contributed by atoms with Crippen molar-refractivity contribution in [2.75, 3.05) is 18.0 Å². The summed E-state index contributed by atoms with van der Waals surface area (Å²) in [6, 6.07) is 0.0823. The van der Waals surface area contributed by atoms with Gasteiger partial charge in [-0.1, -0.05) is 0 Å². The van der Waals surface area contributed by atoms with Crippen molar-refractivity contribution in [3.63, 3.8) is 0 Å². The van der Waals surface area contributed by atoms with Crippen LogP contribution < -0.4 is 10.6 Å². The summed E-state index contributed by atoms with van der Waals surface area (Å²) >= 11 is 0. The van der Waals surface area contributed by atoms with Crippen LogP contribution in [0.1, 0.15) is 25.6 Å². The van der Waals surface area contributed by atoms with Gasteiger partial charge in [0.05, 0.1) is 0 Å². The second-order valence-electron chi connectivity index (χ2n) is 4.66. The van der Waals surface area contributed by atoms with Gasteiger partial charge >= 0.3 is 5.82 Å². The van der Waals surface area contributed by atoms with Gasteiger partial charge in [0, 0.05) is 32.6 Å². The molecular weight excluding hydrogens is 234 g/mol. The highest BCUT2D eigenvalue weighted by atomic mass is 16.6. The van der Waals surface area contributed by atoms with E-state index in [1.807, 2.05) is 16.4 Å². The number of aromatic nitrogens is 2. The third-order valence-corrected chi connectivity index (χ3v) is 3.36. The first-order chi connectivity index (χ1) is 8.54. The molecular formula is C11H19N5O2. The first-order valence-electron chi connectivity index (χ1n) is 6.26. The van der Waals surface area contributed by atoms with Crippen molar-refractivity contribution in [1.82, 2.24) is 9.55 Å². The van der Waals surface area contributed by atoms with Crippen LogP contribution in [0.2, 0.25) is 0 Å². The lowest BCUT2D eigenvalue weighted by atomic mass is 10.1. The van der Waals surface area contributed by atoms with Crippen molar-refractivity contribution in [3.8, 4) is 0 Å². The molecule has 100 valence electrons. The highest BCUT2D eigenvalue weighted by Gasteiger charge is 2.31. The maximum atomic E-state index is 11.1. The zero-order valence-corrected chi connectivity index (χ0v) is 10.8. The Balaban J connectivity index is 2.43. The Labute approximate surface area is 106 Å². The monoisotopic (exact) mass is 253 g/mol. The van der Waals surface area contributed by atoms with Crippen molar-refractivity contribution in [1.29, 1.82) is 0 Å². The fourth-order valence-corrected chi connectivity index (χ4v) is 2.55. The number of hydrogen-bond acceptors (Lipinski definition) is 5. The fraction of sp³-hybridized carbons (Fsp3) is 0.727. The molecule has 2 N–H and O–H groups in total.